The zero-order valence-electron chi connectivity index (χ0n) is 10.7. The molecule has 8 heteroatoms. The van der Waals surface area contributed by atoms with Crippen molar-refractivity contribution in [1.29, 1.82) is 0 Å². The van der Waals surface area contributed by atoms with Crippen LogP contribution in [0.4, 0.5) is 0 Å². The minimum atomic E-state index is -3.20. The number of carbonyl (C=O) groups is 2. The molecule has 0 aromatic rings. The maximum atomic E-state index is 11.9. The molecule has 0 aromatic heterocycles. The largest absolute Gasteiger partial charge is 0.463 e. The number of sulfonamides is 1. The molecule has 2 fully saturated rings. The van der Waals surface area contributed by atoms with Crippen molar-refractivity contribution in [2.24, 2.45) is 5.92 Å². The summed E-state index contributed by atoms with van der Waals surface area (Å²) in [4.78, 5) is 23.0. The molecule has 0 aromatic carbocycles. The Morgan fingerprint density at radius 2 is 1.95 bits per heavy atom. The molecule has 0 saturated carbocycles. The summed E-state index contributed by atoms with van der Waals surface area (Å²) in [6, 6.07) is 0. The zero-order chi connectivity index (χ0) is 14.0. The van der Waals surface area contributed by atoms with Crippen molar-refractivity contribution in [2.45, 2.75) is 25.4 Å². The van der Waals surface area contributed by atoms with Gasteiger partial charge >= 0.3 is 11.9 Å². The molecular weight excluding hydrogens is 274 g/mol. The topological polar surface area (TPSA) is 90.0 Å². The van der Waals surface area contributed by atoms with Crippen LogP contribution >= 0.6 is 0 Å². The van der Waals surface area contributed by atoms with Crippen LogP contribution < -0.4 is 0 Å². The Morgan fingerprint density at radius 1 is 1.32 bits per heavy atom. The minimum Gasteiger partial charge on any atom is -0.463 e. The van der Waals surface area contributed by atoms with E-state index in [1.807, 2.05) is 0 Å². The summed E-state index contributed by atoms with van der Waals surface area (Å²) in [5.41, 5.74) is 0. The average molecular weight is 291 g/mol. The Kier molecular flexibility index (Phi) is 4.10. The lowest BCUT2D eigenvalue weighted by molar-refractivity contribution is -0.164. The van der Waals surface area contributed by atoms with Crippen molar-refractivity contribution in [3.8, 4) is 0 Å². The van der Waals surface area contributed by atoms with E-state index in [4.69, 9.17) is 9.47 Å². The Hall–Kier alpha value is -1.15. The number of carbonyl (C=O) groups excluding carboxylic acids is 2. The van der Waals surface area contributed by atoms with Gasteiger partial charge in [0.15, 0.2) is 0 Å². The second-order valence-electron chi connectivity index (χ2n) is 4.82. The highest BCUT2D eigenvalue weighted by atomic mass is 32.2. The smallest absolute Gasteiger partial charge is 0.347 e. The van der Waals surface area contributed by atoms with Crippen LogP contribution in [-0.4, -0.2) is 56.7 Å². The molecule has 1 atom stereocenters. The average Bonchev–Trinajstić information content (AvgIpc) is 2.74. The molecule has 0 amide bonds. The van der Waals surface area contributed by atoms with Crippen LogP contribution in [0.2, 0.25) is 0 Å². The van der Waals surface area contributed by atoms with Crippen LogP contribution in [0.3, 0.4) is 0 Å². The van der Waals surface area contributed by atoms with Gasteiger partial charge in [-0.05, 0) is 12.8 Å². The van der Waals surface area contributed by atoms with E-state index in [-0.39, 0.29) is 12.5 Å². The number of esters is 2. The van der Waals surface area contributed by atoms with Crippen molar-refractivity contribution in [3.05, 3.63) is 0 Å². The number of hydrogen-bond donors (Lipinski definition) is 0. The van der Waals surface area contributed by atoms with Crippen molar-refractivity contribution in [3.63, 3.8) is 0 Å². The van der Waals surface area contributed by atoms with Gasteiger partial charge in [-0.1, -0.05) is 0 Å². The predicted molar refractivity (Wildman–Crippen MR) is 64.6 cm³/mol. The second kappa shape index (κ2) is 5.46. The van der Waals surface area contributed by atoms with Crippen molar-refractivity contribution in [2.75, 3.05) is 26.0 Å². The Labute approximate surface area is 111 Å². The van der Waals surface area contributed by atoms with Gasteiger partial charge in [0.05, 0.1) is 18.8 Å². The van der Waals surface area contributed by atoms with Gasteiger partial charge in [0.2, 0.25) is 16.1 Å². The summed E-state index contributed by atoms with van der Waals surface area (Å²) >= 11 is 0. The standard InChI is InChI=1S/C11H17NO6S/c1-19(15,16)12-5-2-8(3-6-12)10(13)18-9-4-7-17-11(9)14/h8-9H,2-7H2,1H3. The monoisotopic (exact) mass is 291 g/mol. The highest BCUT2D eigenvalue weighted by molar-refractivity contribution is 7.88. The Morgan fingerprint density at radius 3 is 2.42 bits per heavy atom. The molecule has 108 valence electrons. The molecule has 2 saturated heterocycles. The third-order valence-electron chi connectivity index (χ3n) is 3.40. The van der Waals surface area contributed by atoms with Crippen LogP contribution in [0, 0.1) is 5.92 Å². The Balaban J connectivity index is 1.84. The molecule has 2 aliphatic heterocycles. The summed E-state index contributed by atoms with van der Waals surface area (Å²) in [5, 5.41) is 0. The van der Waals surface area contributed by atoms with Crippen LogP contribution in [0.5, 0.6) is 0 Å². The first-order valence-electron chi connectivity index (χ1n) is 6.20. The molecule has 2 aliphatic rings. The second-order valence-corrected chi connectivity index (χ2v) is 6.80. The van der Waals surface area contributed by atoms with Crippen LogP contribution in [0.15, 0.2) is 0 Å². The SMILES string of the molecule is CS(=O)(=O)N1CCC(C(=O)OC2CCOC2=O)CC1. The number of piperidine rings is 1. The first-order valence-corrected chi connectivity index (χ1v) is 8.05. The Bertz CT molecular complexity index is 466. The third kappa shape index (κ3) is 3.44. The van der Waals surface area contributed by atoms with Gasteiger partial charge in [0, 0.05) is 19.5 Å². The van der Waals surface area contributed by atoms with E-state index in [9.17, 15) is 18.0 Å². The van der Waals surface area contributed by atoms with Gasteiger partial charge < -0.3 is 9.47 Å². The quantitative estimate of drug-likeness (QED) is 0.652. The highest BCUT2D eigenvalue weighted by Gasteiger charge is 2.35. The van der Waals surface area contributed by atoms with Gasteiger partial charge in [-0.3, -0.25) is 4.79 Å². The molecule has 0 bridgehead atoms. The number of hydrogen-bond acceptors (Lipinski definition) is 6. The maximum absolute atomic E-state index is 11.9. The lowest BCUT2D eigenvalue weighted by atomic mass is 9.98. The lowest BCUT2D eigenvalue weighted by Gasteiger charge is -2.29. The van der Waals surface area contributed by atoms with Crippen LogP contribution in [-0.2, 0) is 29.1 Å². The summed E-state index contributed by atoms with van der Waals surface area (Å²) in [6.45, 7) is 0.907. The van der Waals surface area contributed by atoms with Gasteiger partial charge in [-0.25, -0.2) is 17.5 Å². The molecular formula is C11H17NO6S. The normalized spacial score (nSPS) is 26.2. The summed E-state index contributed by atoms with van der Waals surface area (Å²) < 4.78 is 33.8. The first-order chi connectivity index (χ1) is 8.88. The lowest BCUT2D eigenvalue weighted by Crippen LogP contribution is -2.40. The summed E-state index contributed by atoms with van der Waals surface area (Å²) in [5.74, 6) is -1.27. The number of cyclic esters (lactones) is 1. The highest BCUT2D eigenvalue weighted by Crippen LogP contribution is 2.22. The van der Waals surface area contributed by atoms with Gasteiger partial charge in [-0.2, -0.15) is 0 Å². The van der Waals surface area contributed by atoms with Crippen LogP contribution in [0.1, 0.15) is 19.3 Å². The fraction of sp³-hybridized carbons (Fsp3) is 0.818. The van der Waals surface area contributed by atoms with Crippen molar-refractivity contribution < 1.29 is 27.5 Å². The third-order valence-corrected chi connectivity index (χ3v) is 4.71. The van der Waals surface area contributed by atoms with E-state index >= 15 is 0 Å². The van der Waals surface area contributed by atoms with Crippen molar-refractivity contribution >= 4 is 22.0 Å². The predicted octanol–water partition coefficient (Wildman–Crippen LogP) is -0.483. The minimum absolute atomic E-state index is 0.281. The molecule has 0 aliphatic carbocycles. The summed E-state index contributed by atoms with van der Waals surface area (Å²) in [7, 11) is -3.20. The molecule has 0 radical (unpaired) electrons. The molecule has 19 heavy (non-hydrogen) atoms. The number of ether oxygens (including phenoxy) is 2. The van der Waals surface area contributed by atoms with E-state index in [0.717, 1.165) is 6.26 Å². The molecule has 0 spiro atoms. The van der Waals surface area contributed by atoms with E-state index in [1.54, 1.807) is 0 Å². The van der Waals surface area contributed by atoms with E-state index in [2.05, 4.69) is 0 Å². The number of nitrogens with zero attached hydrogens (tertiary/aromatic N) is 1. The fourth-order valence-corrected chi connectivity index (χ4v) is 3.12. The molecule has 7 nitrogen and oxygen atoms in total. The maximum Gasteiger partial charge on any atom is 0.347 e. The molecule has 1 unspecified atom stereocenters. The van der Waals surface area contributed by atoms with E-state index in [0.29, 0.717) is 32.4 Å². The van der Waals surface area contributed by atoms with Crippen LogP contribution in [0.25, 0.3) is 0 Å². The molecule has 2 heterocycles. The van der Waals surface area contributed by atoms with E-state index in [1.165, 1.54) is 4.31 Å². The summed E-state index contributed by atoms with van der Waals surface area (Å²) in [6.07, 6.45) is 1.61. The van der Waals surface area contributed by atoms with E-state index < -0.39 is 28.1 Å². The van der Waals surface area contributed by atoms with Gasteiger partial charge in [-0.15, -0.1) is 0 Å². The van der Waals surface area contributed by atoms with Gasteiger partial charge in [0.1, 0.15) is 0 Å². The van der Waals surface area contributed by atoms with Crippen molar-refractivity contribution in [1.82, 2.24) is 4.31 Å². The fourth-order valence-electron chi connectivity index (χ4n) is 2.24. The van der Waals surface area contributed by atoms with Gasteiger partial charge in [0.25, 0.3) is 0 Å². The number of rotatable bonds is 3. The molecule has 2 rings (SSSR count). The first kappa shape index (κ1) is 14.3. The molecule has 0 N–H and O–H groups in total. The zero-order valence-corrected chi connectivity index (χ0v) is 11.5.